The summed E-state index contributed by atoms with van der Waals surface area (Å²) < 4.78 is 0. The lowest BCUT2D eigenvalue weighted by molar-refractivity contribution is 0.0709. The predicted octanol–water partition coefficient (Wildman–Crippen LogP) is 4.43. The molecule has 3 atom stereocenters. The van der Waals surface area contributed by atoms with Crippen molar-refractivity contribution in [2.45, 2.75) is 66.3 Å². The Morgan fingerprint density at radius 3 is 2.24 bits per heavy atom. The van der Waals surface area contributed by atoms with Gasteiger partial charge in [0.1, 0.15) is 0 Å². The lowest BCUT2D eigenvalue weighted by atomic mass is 9.71. The van der Waals surface area contributed by atoms with Crippen LogP contribution in [0.15, 0.2) is 0 Å². The average Bonchev–Trinajstić information content (AvgIpc) is 2.26. The summed E-state index contributed by atoms with van der Waals surface area (Å²) in [6.45, 7) is 13.0. The summed E-state index contributed by atoms with van der Waals surface area (Å²) in [7, 11) is 2.32. The first kappa shape index (κ1) is 15.0. The SMILES string of the molecule is CCN(C)C1CC(CC(C)C)CCC1C(C)C. The van der Waals surface area contributed by atoms with E-state index in [9.17, 15) is 0 Å². The van der Waals surface area contributed by atoms with Gasteiger partial charge in [-0.05, 0) is 56.5 Å². The molecule has 0 amide bonds. The molecule has 0 saturated heterocycles. The van der Waals surface area contributed by atoms with Gasteiger partial charge in [0.05, 0.1) is 0 Å². The van der Waals surface area contributed by atoms with Crippen LogP contribution in [0.25, 0.3) is 0 Å². The van der Waals surface area contributed by atoms with Crippen molar-refractivity contribution < 1.29 is 0 Å². The molecule has 3 unspecified atom stereocenters. The van der Waals surface area contributed by atoms with E-state index < -0.39 is 0 Å². The highest BCUT2D eigenvalue weighted by Crippen LogP contribution is 2.38. The molecular formula is C16H33N. The second-order valence-corrected chi connectivity index (χ2v) is 6.86. The Morgan fingerprint density at radius 2 is 1.76 bits per heavy atom. The standard InChI is InChI=1S/C16H33N/c1-7-17(6)16-11-14(10-12(2)3)8-9-15(16)13(4)5/h12-16H,7-11H2,1-6H3. The molecule has 0 heterocycles. The van der Waals surface area contributed by atoms with E-state index in [2.05, 4.69) is 46.6 Å². The second-order valence-electron chi connectivity index (χ2n) is 6.86. The van der Waals surface area contributed by atoms with Crippen LogP contribution in [0.1, 0.15) is 60.3 Å². The van der Waals surface area contributed by atoms with Gasteiger partial charge in [-0.2, -0.15) is 0 Å². The Kier molecular flexibility index (Phi) is 5.99. The van der Waals surface area contributed by atoms with Crippen LogP contribution in [0.3, 0.4) is 0 Å². The van der Waals surface area contributed by atoms with E-state index >= 15 is 0 Å². The van der Waals surface area contributed by atoms with E-state index in [4.69, 9.17) is 0 Å². The van der Waals surface area contributed by atoms with Crippen LogP contribution in [0.5, 0.6) is 0 Å². The molecule has 1 rings (SSSR count). The molecule has 1 nitrogen and oxygen atoms in total. The average molecular weight is 239 g/mol. The highest BCUT2D eigenvalue weighted by atomic mass is 15.1. The summed E-state index contributed by atoms with van der Waals surface area (Å²) in [4.78, 5) is 2.59. The Labute approximate surface area is 109 Å². The predicted molar refractivity (Wildman–Crippen MR) is 77.2 cm³/mol. The van der Waals surface area contributed by atoms with Crippen molar-refractivity contribution in [2.24, 2.45) is 23.7 Å². The Hall–Kier alpha value is -0.0400. The molecule has 1 fully saturated rings. The first-order valence-electron chi connectivity index (χ1n) is 7.65. The van der Waals surface area contributed by atoms with E-state index in [0.717, 1.165) is 29.7 Å². The second kappa shape index (κ2) is 6.78. The van der Waals surface area contributed by atoms with Gasteiger partial charge in [-0.1, -0.05) is 41.0 Å². The highest BCUT2D eigenvalue weighted by Gasteiger charge is 2.34. The van der Waals surface area contributed by atoms with Crippen molar-refractivity contribution in [3.05, 3.63) is 0 Å². The summed E-state index contributed by atoms with van der Waals surface area (Å²) in [5.41, 5.74) is 0. The maximum atomic E-state index is 2.59. The highest BCUT2D eigenvalue weighted by molar-refractivity contribution is 4.87. The summed E-state index contributed by atoms with van der Waals surface area (Å²) >= 11 is 0. The summed E-state index contributed by atoms with van der Waals surface area (Å²) in [6.07, 6.45) is 5.78. The fourth-order valence-corrected chi connectivity index (χ4v) is 3.65. The van der Waals surface area contributed by atoms with Gasteiger partial charge in [0, 0.05) is 6.04 Å². The molecule has 102 valence electrons. The molecule has 1 saturated carbocycles. The molecule has 0 aliphatic heterocycles. The minimum absolute atomic E-state index is 0.831. The molecule has 1 aliphatic carbocycles. The van der Waals surface area contributed by atoms with E-state index in [1.807, 2.05) is 0 Å². The summed E-state index contributed by atoms with van der Waals surface area (Å²) in [5.74, 6) is 3.60. The van der Waals surface area contributed by atoms with Crippen molar-refractivity contribution in [2.75, 3.05) is 13.6 Å². The number of nitrogens with zero attached hydrogens (tertiary/aromatic N) is 1. The van der Waals surface area contributed by atoms with Crippen LogP contribution in [0, 0.1) is 23.7 Å². The van der Waals surface area contributed by atoms with Crippen LogP contribution in [0.4, 0.5) is 0 Å². The van der Waals surface area contributed by atoms with Gasteiger partial charge >= 0.3 is 0 Å². The molecule has 0 bridgehead atoms. The fraction of sp³-hybridized carbons (Fsp3) is 1.00. The molecule has 0 aromatic carbocycles. The van der Waals surface area contributed by atoms with Gasteiger partial charge in [-0.15, -0.1) is 0 Å². The molecule has 0 radical (unpaired) electrons. The summed E-state index contributed by atoms with van der Waals surface area (Å²) in [5, 5.41) is 0. The normalized spacial score (nSPS) is 30.5. The van der Waals surface area contributed by atoms with Gasteiger partial charge in [0.25, 0.3) is 0 Å². The van der Waals surface area contributed by atoms with Gasteiger partial charge in [0.15, 0.2) is 0 Å². The largest absolute Gasteiger partial charge is 0.303 e. The van der Waals surface area contributed by atoms with Crippen LogP contribution in [-0.2, 0) is 0 Å². The van der Waals surface area contributed by atoms with Crippen LogP contribution < -0.4 is 0 Å². The van der Waals surface area contributed by atoms with Crippen LogP contribution in [0.2, 0.25) is 0 Å². The zero-order chi connectivity index (χ0) is 13.0. The lowest BCUT2D eigenvalue weighted by Crippen LogP contribution is -2.44. The molecule has 17 heavy (non-hydrogen) atoms. The van der Waals surface area contributed by atoms with Crippen LogP contribution in [-0.4, -0.2) is 24.5 Å². The van der Waals surface area contributed by atoms with E-state index in [0.29, 0.717) is 0 Å². The Balaban J connectivity index is 2.63. The van der Waals surface area contributed by atoms with Crippen molar-refractivity contribution >= 4 is 0 Å². The van der Waals surface area contributed by atoms with Gasteiger partial charge in [-0.25, -0.2) is 0 Å². The molecule has 1 aliphatic rings. The topological polar surface area (TPSA) is 3.24 Å². The number of hydrogen-bond donors (Lipinski definition) is 0. The van der Waals surface area contributed by atoms with Gasteiger partial charge in [0.2, 0.25) is 0 Å². The first-order valence-corrected chi connectivity index (χ1v) is 7.65. The van der Waals surface area contributed by atoms with E-state index in [1.54, 1.807) is 0 Å². The minimum atomic E-state index is 0.831. The van der Waals surface area contributed by atoms with Crippen molar-refractivity contribution in [3.8, 4) is 0 Å². The zero-order valence-corrected chi connectivity index (χ0v) is 12.9. The quantitative estimate of drug-likeness (QED) is 0.686. The Bertz CT molecular complexity index is 210. The monoisotopic (exact) mass is 239 g/mol. The number of hydrogen-bond acceptors (Lipinski definition) is 1. The van der Waals surface area contributed by atoms with Crippen LogP contribution >= 0.6 is 0 Å². The zero-order valence-electron chi connectivity index (χ0n) is 12.9. The third-order valence-electron chi connectivity index (χ3n) is 4.70. The Morgan fingerprint density at radius 1 is 1.12 bits per heavy atom. The summed E-state index contributed by atoms with van der Waals surface area (Å²) in [6, 6.07) is 0.831. The first-order chi connectivity index (χ1) is 7.95. The molecule has 0 aromatic heterocycles. The molecule has 0 N–H and O–H groups in total. The van der Waals surface area contributed by atoms with E-state index in [1.165, 1.54) is 32.2 Å². The smallest absolute Gasteiger partial charge is 0.0125 e. The van der Waals surface area contributed by atoms with Gasteiger partial charge < -0.3 is 4.90 Å². The molecule has 0 aromatic rings. The third-order valence-corrected chi connectivity index (χ3v) is 4.70. The van der Waals surface area contributed by atoms with Crippen molar-refractivity contribution in [3.63, 3.8) is 0 Å². The molecule has 1 heteroatoms. The third kappa shape index (κ3) is 4.28. The molecule has 0 spiro atoms. The van der Waals surface area contributed by atoms with Gasteiger partial charge in [-0.3, -0.25) is 0 Å². The fourth-order valence-electron chi connectivity index (χ4n) is 3.65. The number of rotatable bonds is 5. The maximum absolute atomic E-state index is 2.59. The lowest BCUT2D eigenvalue weighted by Gasteiger charge is -2.43. The maximum Gasteiger partial charge on any atom is 0.0125 e. The van der Waals surface area contributed by atoms with Crippen molar-refractivity contribution in [1.82, 2.24) is 4.90 Å². The minimum Gasteiger partial charge on any atom is -0.303 e. The van der Waals surface area contributed by atoms with Crippen molar-refractivity contribution in [1.29, 1.82) is 0 Å². The van der Waals surface area contributed by atoms with E-state index in [-0.39, 0.29) is 0 Å². The molecular weight excluding hydrogens is 206 g/mol.